The summed E-state index contributed by atoms with van der Waals surface area (Å²) in [5.41, 5.74) is 2.43. The first kappa shape index (κ1) is 17.7. The number of benzene rings is 2. The van der Waals surface area contributed by atoms with Crippen molar-refractivity contribution in [3.8, 4) is 0 Å². The van der Waals surface area contributed by atoms with Gasteiger partial charge in [0.2, 0.25) is 11.8 Å². The summed E-state index contributed by atoms with van der Waals surface area (Å²) < 4.78 is 0. The van der Waals surface area contributed by atoms with Crippen molar-refractivity contribution in [1.29, 1.82) is 0 Å². The van der Waals surface area contributed by atoms with Crippen LogP contribution >= 0.6 is 0 Å². The predicted molar refractivity (Wildman–Crippen MR) is 110 cm³/mol. The number of carbonyl (C=O) groups is 2. The molecule has 6 nitrogen and oxygen atoms in total. The Bertz CT molecular complexity index is 1210. The van der Waals surface area contributed by atoms with Gasteiger partial charge in [0.25, 0.3) is 5.56 Å². The average Bonchev–Trinajstić information content (AvgIpc) is 2.89. The summed E-state index contributed by atoms with van der Waals surface area (Å²) in [4.78, 5) is 39.3. The van der Waals surface area contributed by atoms with Crippen molar-refractivity contribution in [3.05, 3.63) is 76.1 Å². The molecule has 0 atom stereocenters. The summed E-state index contributed by atoms with van der Waals surface area (Å²) in [5, 5.41) is 6.49. The Hall–Kier alpha value is -3.67. The van der Waals surface area contributed by atoms with Crippen LogP contribution in [0.15, 0.2) is 59.4 Å². The third-order valence-corrected chi connectivity index (χ3v) is 4.97. The summed E-state index contributed by atoms with van der Waals surface area (Å²) in [5.74, 6) is -0.427. The molecule has 6 heteroatoms. The van der Waals surface area contributed by atoms with E-state index in [2.05, 4.69) is 15.6 Å². The van der Waals surface area contributed by atoms with Crippen LogP contribution in [0.5, 0.6) is 0 Å². The Morgan fingerprint density at radius 2 is 1.86 bits per heavy atom. The largest absolute Gasteiger partial charge is 0.325 e. The molecule has 0 spiro atoms. The Balaban J connectivity index is 1.54. The SMILES string of the molecule is CC1(C)C(=O)Nc2ccc(NC(=O)/C=C/c3cc4ccccc4[nH]c3=O)cc21. The van der Waals surface area contributed by atoms with Crippen LogP contribution in [0.3, 0.4) is 0 Å². The van der Waals surface area contributed by atoms with Gasteiger partial charge in [-0.3, -0.25) is 14.4 Å². The van der Waals surface area contributed by atoms with Crippen molar-refractivity contribution in [2.45, 2.75) is 19.3 Å². The molecule has 4 rings (SSSR count). The number of para-hydroxylation sites is 1. The van der Waals surface area contributed by atoms with Gasteiger partial charge in [-0.15, -0.1) is 0 Å². The first-order valence-electron chi connectivity index (χ1n) is 8.92. The zero-order valence-corrected chi connectivity index (χ0v) is 15.5. The van der Waals surface area contributed by atoms with Gasteiger partial charge in [-0.25, -0.2) is 0 Å². The first-order valence-corrected chi connectivity index (χ1v) is 8.92. The highest BCUT2D eigenvalue weighted by atomic mass is 16.2. The highest BCUT2D eigenvalue weighted by Gasteiger charge is 2.38. The standard InChI is InChI=1S/C22H19N3O3/c1-22(2)16-12-15(8-9-18(16)25-21(22)28)23-19(26)10-7-14-11-13-5-3-4-6-17(13)24-20(14)27/h3-12H,1-2H3,(H,23,26)(H,24,27)(H,25,28)/b10-7+. The number of pyridine rings is 1. The van der Waals surface area contributed by atoms with Crippen LogP contribution in [0.2, 0.25) is 0 Å². The molecule has 28 heavy (non-hydrogen) atoms. The third kappa shape index (κ3) is 3.09. The minimum absolute atomic E-state index is 0.0681. The molecule has 1 aromatic heterocycles. The van der Waals surface area contributed by atoms with E-state index in [0.29, 0.717) is 11.3 Å². The monoisotopic (exact) mass is 373 g/mol. The quantitative estimate of drug-likeness (QED) is 0.615. The number of H-pyrrole nitrogens is 1. The van der Waals surface area contributed by atoms with E-state index in [1.807, 2.05) is 38.1 Å². The highest BCUT2D eigenvalue weighted by Crippen LogP contribution is 2.38. The molecule has 0 saturated heterocycles. The molecule has 2 aromatic carbocycles. The fourth-order valence-electron chi connectivity index (χ4n) is 3.29. The normalized spacial score (nSPS) is 14.9. The number of hydrogen-bond acceptors (Lipinski definition) is 3. The summed E-state index contributed by atoms with van der Waals surface area (Å²) in [6, 6.07) is 14.5. The fourth-order valence-corrected chi connectivity index (χ4v) is 3.29. The van der Waals surface area contributed by atoms with Gasteiger partial charge < -0.3 is 15.6 Å². The molecular weight excluding hydrogens is 354 g/mol. The Labute approximate surface area is 161 Å². The second kappa shape index (κ2) is 6.49. The molecule has 3 N–H and O–H groups in total. The number of hydrogen-bond donors (Lipinski definition) is 3. The molecular formula is C22H19N3O3. The van der Waals surface area contributed by atoms with E-state index in [9.17, 15) is 14.4 Å². The number of fused-ring (bicyclic) bond motifs is 2. The second-order valence-electron chi connectivity index (χ2n) is 7.30. The van der Waals surface area contributed by atoms with Gasteiger partial charge in [-0.1, -0.05) is 18.2 Å². The first-order chi connectivity index (χ1) is 13.3. The van der Waals surface area contributed by atoms with Crippen molar-refractivity contribution in [2.75, 3.05) is 10.6 Å². The molecule has 0 bridgehead atoms. The number of aromatic nitrogens is 1. The highest BCUT2D eigenvalue weighted by molar-refractivity contribution is 6.07. The van der Waals surface area contributed by atoms with Crippen molar-refractivity contribution < 1.29 is 9.59 Å². The number of amides is 2. The lowest BCUT2D eigenvalue weighted by Crippen LogP contribution is -2.26. The van der Waals surface area contributed by atoms with E-state index >= 15 is 0 Å². The lowest BCUT2D eigenvalue weighted by molar-refractivity contribution is -0.119. The van der Waals surface area contributed by atoms with Gasteiger partial charge in [0, 0.05) is 28.5 Å². The average molecular weight is 373 g/mol. The lowest BCUT2D eigenvalue weighted by Gasteiger charge is -2.15. The molecule has 0 saturated carbocycles. The van der Waals surface area contributed by atoms with Crippen LogP contribution in [0.4, 0.5) is 11.4 Å². The van der Waals surface area contributed by atoms with Crippen molar-refractivity contribution in [3.63, 3.8) is 0 Å². The third-order valence-electron chi connectivity index (χ3n) is 4.97. The van der Waals surface area contributed by atoms with Crippen LogP contribution < -0.4 is 16.2 Å². The number of carbonyl (C=O) groups excluding carboxylic acids is 2. The van der Waals surface area contributed by atoms with E-state index < -0.39 is 5.41 Å². The number of nitrogens with one attached hydrogen (secondary N) is 3. The maximum absolute atomic E-state index is 12.3. The topological polar surface area (TPSA) is 91.1 Å². The number of rotatable bonds is 3. The maximum Gasteiger partial charge on any atom is 0.255 e. The van der Waals surface area contributed by atoms with Gasteiger partial charge in [0.1, 0.15) is 0 Å². The minimum Gasteiger partial charge on any atom is -0.325 e. The summed E-state index contributed by atoms with van der Waals surface area (Å²) >= 11 is 0. The van der Waals surface area contributed by atoms with Gasteiger partial charge in [-0.2, -0.15) is 0 Å². The maximum atomic E-state index is 12.3. The molecule has 3 aromatic rings. The van der Waals surface area contributed by atoms with Crippen molar-refractivity contribution in [1.82, 2.24) is 4.98 Å². The lowest BCUT2D eigenvalue weighted by atomic mass is 9.86. The van der Waals surface area contributed by atoms with E-state index in [-0.39, 0.29) is 17.4 Å². The van der Waals surface area contributed by atoms with E-state index in [0.717, 1.165) is 22.2 Å². The van der Waals surface area contributed by atoms with Crippen LogP contribution in [0, 0.1) is 0 Å². The molecule has 0 unspecified atom stereocenters. The Kier molecular flexibility index (Phi) is 4.11. The molecule has 0 fully saturated rings. The fraction of sp³-hybridized carbons (Fsp3) is 0.136. The van der Waals surface area contributed by atoms with Crippen molar-refractivity contribution in [2.24, 2.45) is 0 Å². The number of aromatic amines is 1. The summed E-state index contributed by atoms with van der Waals surface area (Å²) in [7, 11) is 0. The minimum atomic E-state index is -0.649. The molecule has 140 valence electrons. The van der Waals surface area contributed by atoms with Crippen LogP contribution in [0.25, 0.3) is 17.0 Å². The summed E-state index contributed by atoms with van der Waals surface area (Å²) in [6.07, 6.45) is 2.81. The van der Waals surface area contributed by atoms with Crippen molar-refractivity contribution >= 4 is 40.2 Å². The van der Waals surface area contributed by atoms with Crippen LogP contribution in [-0.4, -0.2) is 16.8 Å². The zero-order valence-electron chi connectivity index (χ0n) is 15.5. The van der Waals surface area contributed by atoms with E-state index in [4.69, 9.17) is 0 Å². The Morgan fingerprint density at radius 1 is 1.07 bits per heavy atom. The van der Waals surface area contributed by atoms with Gasteiger partial charge in [0.15, 0.2) is 0 Å². The second-order valence-corrected chi connectivity index (χ2v) is 7.30. The molecule has 2 heterocycles. The van der Waals surface area contributed by atoms with Crippen LogP contribution in [-0.2, 0) is 15.0 Å². The molecule has 2 amide bonds. The number of anilines is 2. The molecule has 1 aliphatic heterocycles. The van der Waals surface area contributed by atoms with Gasteiger partial charge in [-0.05, 0) is 61.2 Å². The van der Waals surface area contributed by atoms with E-state index in [1.54, 1.807) is 24.3 Å². The van der Waals surface area contributed by atoms with Gasteiger partial charge >= 0.3 is 0 Å². The molecule has 1 aliphatic rings. The Morgan fingerprint density at radius 3 is 2.68 bits per heavy atom. The summed E-state index contributed by atoms with van der Waals surface area (Å²) in [6.45, 7) is 3.68. The smallest absolute Gasteiger partial charge is 0.255 e. The molecule has 0 aliphatic carbocycles. The van der Waals surface area contributed by atoms with E-state index in [1.165, 1.54) is 12.2 Å². The van der Waals surface area contributed by atoms with Gasteiger partial charge in [0.05, 0.1) is 5.41 Å². The predicted octanol–water partition coefficient (Wildman–Crippen LogP) is 3.41. The molecule has 0 radical (unpaired) electrons. The zero-order chi connectivity index (χ0) is 19.9. The van der Waals surface area contributed by atoms with Crippen LogP contribution in [0.1, 0.15) is 25.0 Å².